The van der Waals surface area contributed by atoms with Crippen LogP contribution in [0.3, 0.4) is 0 Å². The zero-order valence-corrected chi connectivity index (χ0v) is 29.1. The van der Waals surface area contributed by atoms with Crippen molar-refractivity contribution in [3.63, 3.8) is 0 Å². The molecule has 0 aromatic heterocycles. The number of hydrogen-bond acceptors (Lipinski definition) is 5. The Balaban J connectivity index is 1.44. The molecule has 0 bridgehead atoms. The number of carbonyl (C=O) groups excluding carboxylic acids is 1. The molecule has 1 aromatic rings. The number of fused-ring (bicyclic) bond motifs is 7. The van der Waals surface area contributed by atoms with E-state index in [1.807, 2.05) is 0 Å². The zero-order valence-electron chi connectivity index (χ0n) is 29.1. The Morgan fingerprint density at radius 3 is 2.24 bits per heavy atom. The van der Waals surface area contributed by atoms with Crippen LogP contribution in [0.25, 0.3) is 6.08 Å². The van der Waals surface area contributed by atoms with Gasteiger partial charge in [0.2, 0.25) is 0 Å². The molecule has 8 atom stereocenters. The maximum absolute atomic E-state index is 13.4. The van der Waals surface area contributed by atoms with Crippen LogP contribution in [0.4, 0.5) is 0 Å². The zero-order chi connectivity index (χ0) is 33.6. The van der Waals surface area contributed by atoms with Crippen molar-refractivity contribution in [3.8, 4) is 5.75 Å². The second-order valence-electron chi connectivity index (χ2n) is 18.0. The third-order valence-corrected chi connectivity index (χ3v) is 15.1. The average Bonchev–Trinajstić information content (AvgIpc) is 2.97. The van der Waals surface area contributed by atoms with Crippen LogP contribution in [-0.4, -0.2) is 40.0 Å². The van der Waals surface area contributed by atoms with Crippen molar-refractivity contribution in [1.29, 1.82) is 0 Å². The summed E-state index contributed by atoms with van der Waals surface area (Å²) in [4.78, 5) is 26.8. The van der Waals surface area contributed by atoms with Crippen molar-refractivity contribution < 1.29 is 29.6 Å². The first-order valence-electron chi connectivity index (χ1n) is 17.6. The van der Waals surface area contributed by atoms with E-state index in [4.69, 9.17) is 4.74 Å². The fourth-order valence-corrected chi connectivity index (χ4v) is 12.5. The Kier molecular flexibility index (Phi) is 7.75. The van der Waals surface area contributed by atoms with Gasteiger partial charge in [0.05, 0.1) is 11.5 Å². The molecule has 0 saturated heterocycles. The average molecular weight is 633 g/mol. The van der Waals surface area contributed by atoms with Crippen LogP contribution in [0.15, 0.2) is 42.0 Å². The van der Waals surface area contributed by atoms with Crippen LogP contribution in [0.5, 0.6) is 5.75 Å². The molecule has 3 N–H and O–H groups in total. The van der Waals surface area contributed by atoms with Gasteiger partial charge in [-0.15, -0.1) is 0 Å². The van der Waals surface area contributed by atoms with E-state index in [9.17, 15) is 24.9 Å². The Labute approximate surface area is 275 Å². The highest BCUT2D eigenvalue weighted by molar-refractivity contribution is 5.87. The molecule has 0 spiro atoms. The van der Waals surface area contributed by atoms with Gasteiger partial charge in [-0.2, -0.15) is 0 Å². The largest absolute Gasteiger partial charge is 0.508 e. The van der Waals surface area contributed by atoms with E-state index in [0.717, 1.165) is 50.5 Å². The Hall–Kier alpha value is -2.60. The van der Waals surface area contributed by atoms with Crippen LogP contribution in [-0.2, 0) is 14.3 Å². The smallest absolute Gasteiger partial charge is 0.330 e. The van der Waals surface area contributed by atoms with Crippen LogP contribution < -0.4 is 0 Å². The summed E-state index contributed by atoms with van der Waals surface area (Å²) < 4.78 is 6.30. The minimum Gasteiger partial charge on any atom is -0.508 e. The molecule has 6 heteroatoms. The summed E-state index contributed by atoms with van der Waals surface area (Å²) >= 11 is 0. The predicted octanol–water partition coefficient (Wildman–Crippen LogP) is 8.57. The molecule has 0 amide bonds. The topological polar surface area (TPSA) is 104 Å². The Bertz CT molecular complexity index is 1450. The van der Waals surface area contributed by atoms with E-state index in [-0.39, 0.29) is 40.1 Å². The molecular formula is C40H56O6. The summed E-state index contributed by atoms with van der Waals surface area (Å²) in [5.74, 6) is -0.196. The van der Waals surface area contributed by atoms with Crippen LogP contribution in [0.2, 0.25) is 0 Å². The Morgan fingerprint density at radius 2 is 1.57 bits per heavy atom. The fraction of sp³-hybridized carbons (Fsp3) is 0.700. The second-order valence-corrected chi connectivity index (χ2v) is 18.0. The third-order valence-electron chi connectivity index (χ3n) is 15.1. The van der Waals surface area contributed by atoms with Crippen molar-refractivity contribution >= 4 is 18.0 Å². The number of carboxylic acid groups (broad SMARTS) is 1. The molecule has 252 valence electrons. The minimum atomic E-state index is -0.831. The number of ether oxygens (including phenoxy) is 1. The molecular weight excluding hydrogens is 576 g/mol. The van der Waals surface area contributed by atoms with Gasteiger partial charge in [-0.25, -0.2) is 4.79 Å². The maximum Gasteiger partial charge on any atom is 0.330 e. The number of aliphatic carboxylic acids is 1. The number of aliphatic hydroxyl groups excluding tert-OH is 1. The van der Waals surface area contributed by atoms with Crippen molar-refractivity contribution in [2.24, 2.45) is 49.7 Å². The molecule has 0 unspecified atom stereocenters. The number of benzene rings is 1. The van der Waals surface area contributed by atoms with Crippen molar-refractivity contribution in [3.05, 3.63) is 47.6 Å². The summed E-state index contributed by atoms with van der Waals surface area (Å²) in [7, 11) is 0. The van der Waals surface area contributed by atoms with Gasteiger partial charge in [-0.1, -0.05) is 72.2 Å². The molecule has 0 radical (unpaired) electrons. The van der Waals surface area contributed by atoms with Gasteiger partial charge in [0, 0.05) is 16.9 Å². The van der Waals surface area contributed by atoms with Crippen LogP contribution >= 0.6 is 0 Å². The molecule has 0 aliphatic heterocycles. The molecule has 5 aliphatic carbocycles. The highest BCUT2D eigenvalue weighted by Crippen LogP contribution is 2.78. The van der Waals surface area contributed by atoms with E-state index >= 15 is 0 Å². The number of rotatable bonds is 5. The number of esters is 1. The molecule has 46 heavy (non-hydrogen) atoms. The quantitative estimate of drug-likeness (QED) is 0.171. The van der Waals surface area contributed by atoms with Gasteiger partial charge >= 0.3 is 11.9 Å². The van der Waals surface area contributed by atoms with E-state index < -0.39 is 28.2 Å². The third kappa shape index (κ3) is 4.58. The van der Waals surface area contributed by atoms with Gasteiger partial charge in [0.1, 0.15) is 12.4 Å². The number of aromatic hydroxyl groups is 1. The van der Waals surface area contributed by atoms with E-state index in [2.05, 4.69) is 54.5 Å². The lowest BCUT2D eigenvalue weighted by Crippen LogP contribution is -2.68. The first-order chi connectivity index (χ1) is 21.4. The summed E-state index contributed by atoms with van der Waals surface area (Å²) in [6.45, 7) is 16.4. The number of hydrogen-bond donors (Lipinski definition) is 3. The summed E-state index contributed by atoms with van der Waals surface area (Å²) in [5, 5.41) is 31.7. The summed E-state index contributed by atoms with van der Waals surface area (Å²) in [6, 6.07) is 6.70. The lowest BCUT2D eigenvalue weighted by molar-refractivity contribution is -0.224. The lowest BCUT2D eigenvalue weighted by atomic mass is 9.31. The number of carboxylic acids is 1. The molecule has 0 heterocycles. The molecule has 4 saturated carbocycles. The number of allylic oxidation sites excluding steroid dienone is 1. The Morgan fingerprint density at radius 1 is 0.891 bits per heavy atom. The monoisotopic (exact) mass is 632 g/mol. The minimum absolute atomic E-state index is 0.00603. The molecule has 6 nitrogen and oxygen atoms in total. The number of carbonyl (C=O) groups is 2. The van der Waals surface area contributed by atoms with E-state index in [1.165, 1.54) is 11.6 Å². The number of aliphatic hydroxyl groups is 1. The van der Waals surface area contributed by atoms with Gasteiger partial charge in [-0.05, 0) is 121 Å². The first kappa shape index (κ1) is 33.3. The van der Waals surface area contributed by atoms with Gasteiger partial charge < -0.3 is 20.1 Å². The molecule has 4 fully saturated rings. The maximum atomic E-state index is 13.4. The molecule has 6 rings (SSSR count). The summed E-state index contributed by atoms with van der Waals surface area (Å²) in [5.41, 5.74) is -0.192. The highest BCUT2D eigenvalue weighted by Gasteiger charge is 2.73. The summed E-state index contributed by atoms with van der Waals surface area (Å²) in [6.07, 6.45) is 13.6. The van der Waals surface area contributed by atoms with Crippen LogP contribution in [0, 0.1) is 49.7 Å². The lowest BCUT2D eigenvalue weighted by Gasteiger charge is -2.73. The number of phenols is 1. The molecule has 1 aromatic carbocycles. The SMILES string of the molecule is CC1(C)CC[C@]2(C(=O)O)CC[C@]3(COC(=O)/C=C\c4ccc(O)cc4)C(=CC[C@@H]4[C@@]5(C)CC[C@H](O)C(C)(C)[C@@H]5CC[C@]43C)[C@]2(C)C1. The van der Waals surface area contributed by atoms with Gasteiger partial charge in [-0.3, -0.25) is 4.79 Å². The molecule has 5 aliphatic rings. The highest BCUT2D eigenvalue weighted by atomic mass is 16.5. The predicted molar refractivity (Wildman–Crippen MR) is 180 cm³/mol. The second kappa shape index (κ2) is 10.7. The fourth-order valence-electron chi connectivity index (χ4n) is 12.5. The van der Waals surface area contributed by atoms with E-state index in [0.29, 0.717) is 31.1 Å². The van der Waals surface area contributed by atoms with Crippen LogP contribution in [0.1, 0.15) is 118 Å². The normalized spacial score (nSPS) is 42.5. The van der Waals surface area contributed by atoms with Crippen molar-refractivity contribution in [1.82, 2.24) is 0 Å². The van der Waals surface area contributed by atoms with Crippen molar-refractivity contribution in [2.75, 3.05) is 6.61 Å². The first-order valence-corrected chi connectivity index (χ1v) is 17.6. The van der Waals surface area contributed by atoms with Gasteiger partial charge in [0.25, 0.3) is 0 Å². The number of phenolic OH excluding ortho intramolecular Hbond substituents is 1. The van der Waals surface area contributed by atoms with Gasteiger partial charge in [0.15, 0.2) is 0 Å². The van der Waals surface area contributed by atoms with E-state index in [1.54, 1.807) is 30.3 Å². The standard InChI is InChI=1S/C40H56O6/c1-34(2)20-21-39(33(44)45)22-23-40(25-46-32(43)15-10-26-8-11-27(41)12-9-26)30(38(39,7)24-34)14-13-29-36(5)18-17-31(42)35(3,4)28(36)16-19-37(29,40)6/h8-12,14-15,28-29,31,41-42H,13,16-25H2,1-7H3,(H,44,45)/b15-10-/t28-,29+,31-,36-,37+,38-,39+,40-/m0/s1. The van der Waals surface area contributed by atoms with Crippen molar-refractivity contribution in [2.45, 2.75) is 119 Å².